The second-order valence-electron chi connectivity index (χ2n) is 5.54. The first kappa shape index (κ1) is 17.2. The highest BCUT2D eigenvalue weighted by Gasteiger charge is 2.22. The summed E-state index contributed by atoms with van der Waals surface area (Å²) in [6, 6.07) is 8.34. The summed E-state index contributed by atoms with van der Waals surface area (Å²) in [4.78, 5) is 17.2. The molecule has 0 saturated carbocycles. The van der Waals surface area contributed by atoms with Crippen molar-refractivity contribution < 1.29 is 13.9 Å². The fraction of sp³-hybridized carbons (Fsp3) is 0.353. The number of halogens is 2. The molecule has 128 valence electrons. The average molecular weight is 369 g/mol. The summed E-state index contributed by atoms with van der Waals surface area (Å²) in [5, 5.41) is 2.38. The largest absolute Gasteiger partial charge is 0.367 e. The van der Waals surface area contributed by atoms with Crippen LogP contribution in [0, 0.1) is 5.82 Å². The van der Waals surface area contributed by atoms with E-state index in [0.717, 1.165) is 10.6 Å². The van der Waals surface area contributed by atoms with Crippen molar-refractivity contribution in [3.05, 3.63) is 51.4 Å². The van der Waals surface area contributed by atoms with Gasteiger partial charge in [0, 0.05) is 31.1 Å². The van der Waals surface area contributed by atoms with Gasteiger partial charge in [0.25, 0.3) is 0 Å². The monoisotopic (exact) mass is 368 g/mol. The minimum Gasteiger partial charge on any atom is -0.367 e. The van der Waals surface area contributed by atoms with Crippen molar-refractivity contribution in [3.8, 4) is 0 Å². The van der Waals surface area contributed by atoms with Gasteiger partial charge in [-0.2, -0.15) is 0 Å². The molecule has 0 N–H and O–H groups in total. The average Bonchev–Trinajstić information content (AvgIpc) is 3.08. The van der Waals surface area contributed by atoms with Gasteiger partial charge < -0.3 is 14.5 Å². The van der Waals surface area contributed by atoms with Gasteiger partial charge in [0.1, 0.15) is 12.4 Å². The van der Waals surface area contributed by atoms with Gasteiger partial charge in [0.05, 0.1) is 17.3 Å². The summed E-state index contributed by atoms with van der Waals surface area (Å²) in [7, 11) is 0. The van der Waals surface area contributed by atoms with Crippen LogP contribution in [0.25, 0.3) is 0 Å². The van der Waals surface area contributed by atoms with Crippen molar-refractivity contribution in [1.82, 2.24) is 4.90 Å². The third-order valence-electron chi connectivity index (χ3n) is 3.93. The molecule has 1 saturated heterocycles. The molecule has 0 spiro atoms. The third kappa shape index (κ3) is 4.26. The van der Waals surface area contributed by atoms with Crippen molar-refractivity contribution in [2.75, 3.05) is 37.7 Å². The molecule has 0 atom stereocenters. The number of ether oxygens (including phenoxy) is 1. The second-order valence-corrected chi connectivity index (χ2v) is 6.98. The number of hydrogen-bond donors (Lipinski definition) is 0. The van der Waals surface area contributed by atoms with Crippen LogP contribution >= 0.6 is 22.9 Å². The Labute approximate surface area is 149 Å². The highest BCUT2D eigenvalue weighted by atomic mass is 35.5. The van der Waals surface area contributed by atoms with Gasteiger partial charge in [0.2, 0.25) is 5.91 Å². The summed E-state index contributed by atoms with van der Waals surface area (Å²) in [5.74, 6) is -0.350. The predicted octanol–water partition coefficient (Wildman–Crippen LogP) is 3.41. The van der Waals surface area contributed by atoms with Crippen molar-refractivity contribution in [3.63, 3.8) is 0 Å². The van der Waals surface area contributed by atoms with Crippen LogP contribution < -0.4 is 4.90 Å². The molecule has 2 aromatic rings. The van der Waals surface area contributed by atoms with E-state index >= 15 is 0 Å². The molecule has 2 heterocycles. The number of thiophene rings is 1. The Kier molecular flexibility index (Phi) is 5.71. The molecule has 1 aliphatic heterocycles. The lowest BCUT2D eigenvalue weighted by Gasteiger charge is -2.36. The van der Waals surface area contributed by atoms with Crippen LogP contribution in [0.3, 0.4) is 0 Å². The SMILES string of the molecule is O=C(COCc1cccs1)N1CCN(c2ccc(F)cc2Cl)CC1. The predicted molar refractivity (Wildman–Crippen MR) is 94.2 cm³/mol. The number of piperazine rings is 1. The number of amides is 1. The van der Waals surface area contributed by atoms with E-state index in [1.54, 1.807) is 22.3 Å². The Morgan fingerprint density at radius 1 is 1.25 bits per heavy atom. The zero-order valence-corrected chi connectivity index (χ0v) is 14.7. The maximum absolute atomic E-state index is 13.1. The van der Waals surface area contributed by atoms with Gasteiger partial charge in [-0.05, 0) is 29.6 Å². The zero-order chi connectivity index (χ0) is 16.9. The molecule has 1 aromatic carbocycles. The van der Waals surface area contributed by atoms with Gasteiger partial charge in [0.15, 0.2) is 0 Å². The van der Waals surface area contributed by atoms with E-state index in [0.29, 0.717) is 37.8 Å². The molecule has 1 aliphatic rings. The molecule has 1 amide bonds. The van der Waals surface area contributed by atoms with E-state index < -0.39 is 0 Å². The first-order valence-electron chi connectivity index (χ1n) is 7.71. The number of carbonyl (C=O) groups is 1. The summed E-state index contributed by atoms with van der Waals surface area (Å²) in [5.41, 5.74) is 0.805. The quantitative estimate of drug-likeness (QED) is 0.810. The lowest BCUT2D eigenvalue weighted by Crippen LogP contribution is -2.49. The van der Waals surface area contributed by atoms with E-state index in [-0.39, 0.29) is 18.3 Å². The van der Waals surface area contributed by atoms with Crippen LogP contribution in [-0.2, 0) is 16.1 Å². The third-order valence-corrected chi connectivity index (χ3v) is 5.09. The van der Waals surface area contributed by atoms with Gasteiger partial charge >= 0.3 is 0 Å². The molecule has 7 heteroatoms. The number of nitrogens with zero attached hydrogens (tertiary/aromatic N) is 2. The number of benzene rings is 1. The summed E-state index contributed by atoms with van der Waals surface area (Å²) in [6.07, 6.45) is 0. The highest BCUT2D eigenvalue weighted by Crippen LogP contribution is 2.27. The summed E-state index contributed by atoms with van der Waals surface area (Å²) < 4.78 is 18.6. The van der Waals surface area contributed by atoms with Gasteiger partial charge in [-0.15, -0.1) is 11.3 Å². The van der Waals surface area contributed by atoms with Crippen molar-refractivity contribution in [1.29, 1.82) is 0 Å². The van der Waals surface area contributed by atoms with E-state index in [1.165, 1.54) is 12.1 Å². The standard InChI is InChI=1S/C17H18ClFN2O2S/c18-15-10-13(19)3-4-16(15)20-5-7-21(8-6-20)17(22)12-23-11-14-2-1-9-24-14/h1-4,9-10H,5-8,11-12H2. The van der Waals surface area contributed by atoms with E-state index in [4.69, 9.17) is 16.3 Å². The Balaban J connectivity index is 1.46. The molecule has 0 radical (unpaired) electrons. The van der Waals surface area contributed by atoms with Crippen LogP contribution in [0.15, 0.2) is 35.7 Å². The lowest BCUT2D eigenvalue weighted by molar-refractivity contribution is -0.136. The molecular formula is C17H18ClFN2O2S. The molecule has 24 heavy (non-hydrogen) atoms. The highest BCUT2D eigenvalue weighted by molar-refractivity contribution is 7.09. The van der Waals surface area contributed by atoms with Crippen LogP contribution in [-0.4, -0.2) is 43.6 Å². The Hall–Kier alpha value is -1.63. The molecule has 1 aromatic heterocycles. The van der Waals surface area contributed by atoms with Gasteiger partial charge in [-0.1, -0.05) is 17.7 Å². The minimum absolute atomic E-state index is 0.00332. The molecule has 1 fully saturated rings. The number of hydrogen-bond acceptors (Lipinski definition) is 4. The fourth-order valence-electron chi connectivity index (χ4n) is 2.66. The maximum Gasteiger partial charge on any atom is 0.248 e. The first-order chi connectivity index (χ1) is 11.6. The molecule has 0 bridgehead atoms. The van der Waals surface area contributed by atoms with Crippen LogP contribution in [0.4, 0.5) is 10.1 Å². The van der Waals surface area contributed by atoms with E-state index in [2.05, 4.69) is 4.90 Å². The number of rotatable bonds is 5. The fourth-order valence-corrected chi connectivity index (χ4v) is 3.59. The van der Waals surface area contributed by atoms with Crippen LogP contribution in [0.1, 0.15) is 4.88 Å². The van der Waals surface area contributed by atoms with Crippen molar-refractivity contribution in [2.24, 2.45) is 0 Å². The Bertz CT molecular complexity index is 688. The molecule has 4 nitrogen and oxygen atoms in total. The maximum atomic E-state index is 13.1. The van der Waals surface area contributed by atoms with Crippen molar-refractivity contribution >= 4 is 34.5 Å². The Morgan fingerprint density at radius 2 is 2.04 bits per heavy atom. The topological polar surface area (TPSA) is 32.8 Å². The molecule has 0 aliphatic carbocycles. The Morgan fingerprint density at radius 3 is 2.71 bits per heavy atom. The molecule has 3 rings (SSSR count). The number of carbonyl (C=O) groups excluding carboxylic acids is 1. The zero-order valence-electron chi connectivity index (χ0n) is 13.1. The van der Waals surface area contributed by atoms with Crippen LogP contribution in [0.5, 0.6) is 0 Å². The normalized spacial score (nSPS) is 14.9. The van der Waals surface area contributed by atoms with Gasteiger partial charge in [-0.25, -0.2) is 4.39 Å². The van der Waals surface area contributed by atoms with E-state index in [1.807, 2.05) is 17.5 Å². The summed E-state index contributed by atoms with van der Waals surface area (Å²) >= 11 is 7.71. The molecular weight excluding hydrogens is 351 g/mol. The molecule has 0 unspecified atom stereocenters. The second kappa shape index (κ2) is 7.96. The number of anilines is 1. The van der Waals surface area contributed by atoms with E-state index in [9.17, 15) is 9.18 Å². The first-order valence-corrected chi connectivity index (χ1v) is 8.97. The smallest absolute Gasteiger partial charge is 0.248 e. The lowest BCUT2D eigenvalue weighted by atomic mass is 10.2. The summed E-state index contributed by atoms with van der Waals surface area (Å²) in [6.45, 7) is 3.11. The van der Waals surface area contributed by atoms with Crippen molar-refractivity contribution in [2.45, 2.75) is 6.61 Å². The van der Waals surface area contributed by atoms with Gasteiger partial charge in [-0.3, -0.25) is 4.79 Å². The minimum atomic E-state index is -0.347. The van der Waals surface area contributed by atoms with Crippen LogP contribution in [0.2, 0.25) is 5.02 Å².